The lowest BCUT2D eigenvalue weighted by atomic mass is 10.1. The number of pyridine rings is 1. The van der Waals surface area contributed by atoms with E-state index in [1.807, 2.05) is 48.1 Å². The lowest BCUT2D eigenvalue weighted by Crippen LogP contribution is -2.33. The van der Waals surface area contributed by atoms with Crippen molar-refractivity contribution in [2.75, 3.05) is 0 Å². The molecule has 0 bridgehead atoms. The number of fused-ring (bicyclic) bond motifs is 1. The number of benzene rings is 2. The molecule has 0 spiro atoms. The highest BCUT2D eigenvalue weighted by Crippen LogP contribution is 2.22. The van der Waals surface area contributed by atoms with Crippen LogP contribution in [-0.4, -0.2) is 4.92 Å². The zero-order valence-electron chi connectivity index (χ0n) is 16.3. The van der Waals surface area contributed by atoms with Crippen molar-refractivity contribution in [3.63, 3.8) is 0 Å². The minimum Gasteiger partial charge on any atom is -0.489 e. The van der Waals surface area contributed by atoms with Crippen LogP contribution in [0.15, 0.2) is 82.3 Å². The van der Waals surface area contributed by atoms with Crippen LogP contribution in [0.5, 0.6) is 5.75 Å². The van der Waals surface area contributed by atoms with Crippen molar-refractivity contribution >= 4 is 16.7 Å². The largest absolute Gasteiger partial charge is 0.489 e. The number of nitro groups is 1. The first kappa shape index (κ1) is 19.3. The fraction of sp³-hybridized carbons (Fsp3) is 0.130. The van der Waals surface area contributed by atoms with Crippen LogP contribution in [0.4, 0.5) is 5.69 Å². The van der Waals surface area contributed by atoms with Crippen molar-refractivity contribution in [3.05, 3.63) is 110 Å². The van der Waals surface area contributed by atoms with E-state index in [0.717, 1.165) is 22.1 Å². The van der Waals surface area contributed by atoms with Gasteiger partial charge in [-0.05, 0) is 36.8 Å². The van der Waals surface area contributed by atoms with Gasteiger partial charge in [-0.3, -0.25) is 10.1 Å². The van der Waals surface area contributed by atoms with Crippen LogP contribution in [0, 0.1) is 17.0 Å². The SMILES string of the molecule is Cc1cc(=O)oc2cc(OCc3cc[n+](Cc4ccc([N+](=O)[O-])cc4)cc3)ccc12. The van der Waals surface area contributed by atoms with Crippen LogP contribution in [0.1, 0.15) is 16.7 Å². The molecule has 30 heavy (non-hydrogen) atoms. The highest BCUT2D eigenvalue weighted by Gasteiger charge is 2.08. The Morgan fingerprint density at radius 2 is 1.73 bits per heavy atom. The first-order valence-corrected chi connectivity index (χ1v) is 9.36. The van der Waals surface area contributed by atoms with Crippen molar-refractivity contribution in [2.45, 2.75) is 20.1 Å². The third-order valence-electron chi connectivity index (χ3n) is 4.80. The van der Waals surface area contributed by atoms with Crippen LogP contribution in [0.25, 0.3) is 11.0 Å². The van der Waals surface area contributed by atoms with E-state index in [9.17, 15) is 14.9 Å². The van der Waals surface area contributed by atoms with E-state index in [-0.39, 0.29) is 11.3 Å². The monoisotopic (exact) mass is 403 g/mol. The first-order valence-electron chi connectivity index (χ1n) is 9.36. The number of aryl methyl sites for hydroxylation is 1. The molecule has 150 valence electrons. The molecule has 4 aromatic rings. The van der Waals surface area contributed by atoms with Crippen molar-refractivity contribution in [2.24, 2.45) is 0 Å². The fourth-order valence-electron chi connectivity index (χ4n) is 3.19. The van der Waals surface area contributed by atoms with Crippen LogP contribution in [0.3, 0.4) is 0 Å². The third-order valence-corrected chi connectivity index (χ3v) is 4.80. The van der Waals surface area contributed by atoms with Crippen molar-refractivity contribution in [1.82, 2.24) is 0 Å². The molecular formula is C23H19N2O5+. The van der Waals surface area contributed by atoms with Gasteiger partial charge in [0.15, 0.2) is 18.9 Å². The normalized spacial score (nSPS) is 10.8. The van der Waals surface area contributed by atoms with E-state index >= 15 is 0 Å². The Labute approximate surface area is 171 Å². The molecule has 0 unspecified atom stereocenters. The Kier molecular flexibility index (Phi) is 5.26. The third kappa shape index (κ3) is 4.35. The summed E-state index contributed by atoms with van der Waals surface area (Å²) in [7, 11) is 0. The Morgan fingerprint density at radius 3 is 2.43 bits per heavy atom. The van der Waals surface area contributed by atoms with Gasteiger partial charge >= 0.3 is 5.63 Å². The zero-order chi connectivity index (χ0) is 21.1. The summed E-state index contributed by atoms with van der Waals surface area (Å²) >= 11 is 0. The Morgan fingerprint density at radius 1 is 1.00 bits per heavy atom. The van der Waals surface area contributed by atoms with Gasteiger partial charge in [-0.25, -0.2) is 9.36 Å². The van der Waals surface area contributed by atoms with Crippen molar-refractivity contribution < 1.29 is 18.6 Å². The molecule has 0 amide bonds. The quantitative estimate of drug-likeness (QED) is 0.211. The molecule has 7 heteroatoms. The van der Waals surface area contributed by atoms with Gasteiger partial charge in [0.05, 0.1) is 4.92 Å². The van der Waals surface area contributed by atoms with E-state index in [2.05, 4.69) is 0 Å². The summed E-state index contributed by atoms with van der Waals surface area (Å²) in [5.41, 5.74) is 3.04. The summed E-state index contributed by atoms with van der Waals surface area (Å²) in [5, 5.41) is 11.6. The average Bonchev–Trinajstić information content (AvgIpc) is 2.73. The van der Waals surface area contributed by atoms with E-state index < -0.39 is 4.92 Å². The predicted octanol–water partition coefficient (Wildman–Crippen LogP) is 3.92. The molecule has 7 nitrogen and oxygen atoms in total. The van der Waals surface area contributed by atoms with E-state index in [1.54, 1.807) is 18.2 Å². The molecule has 4 rings (SSSR count). The Balaban J connectivity index is 1.40. The number of hydrogen-bond acceptors (Lipinski definition) is 5. The number of aromatic nitrogens is 1. The standard InChI is InChI=1S/C23H19N2O5/c1-16-12-23(26)30-22-13-20(6-7-21(16)22)29-15-18-8-10-24(11-9-18)14-17-2-4-19(5-3-17)25(27)28/h2-13H,14-15H2,1H3/q+1. The Hall–Kier alpha value is -4.00. The summed E-state index contributed by atoms with van der Waals surface area (Å²) < 4.78 is 13.1. The molecule has 0 aliphatic carbocycles. The summed E-state index contributed by atoms with van der Waals surface area (Å²) in [6, 6.07) is 17.4. The van der Waals surface area contributed by atoms with Crippen LogP contribution < -0.4 is 14.9 Å². The lowest BCUT2D eigenvalue weighted by Gasteiger charge is -2.07. The maximum atomic E-state index is 11.6. The second-order valence-corrected chi connectivity index (χ2v) is 7.00. The topological polar surface area (TPSA) is 86.5 Å². The molecular weight excluding hydrogens is 384 g/mol. The molecule has 0 fully saturated rings. The van der Waals surface area contributed by atoms with E-state index in [1.165, 1.54) is 18.2 Å². The van der Waals surface area contributed by atoms with Gasteiger partial charge < -0.3 is 9.15 Å². The van der Waals surface area contributed by atoms with Crippen LogP contribution >= 0.6 is 0 Å². The molecule has 0 aliphatic heterocycles. The number of nitro benzene ring substituents is 1. The van der Waals surface area contributed by atoms with Crippen LogP contribution in [0.2, 0.25) is 0 Å². The molecule has 0 atom stereocenters. The maximum absolute atomic E-state index is 11.6. The van der Waals surface area contributed by atoms with Gasteiger partial charge in [-0.1, -0.05) is 0 Å². The van der Waals surface area contributed by atoms with Crippen LogP contribution in [-0.2, 0) is 13.2 Å². The predicted molar refractivity (Wildman–Crippen MR) is 110 cm³/mol. The molecule has 2 aromatic heterocycles. The number of ether oxygens (including phenoxy) is 1. The second kappa shape index (κ2) is 8.16. The van der Waals surface area contributed by atoms with E-state index in [0.29, 0.717) is 24.5 Å². The number of hydrogen-bond donors (Lipinski definition) is 0. The van der Waals surface area contributed by atoms with Gasteiger partial charge in [0.25, 0.3) is 5.69 Å². The second-order valence-electron chi connectivity index (χ2n) is 7.00. The van der Waals surface area contributed by atoms with Crippen molar-refractivity contribution in [3.8, 4) is 5.75 Å². The molecule has 2 aromatic carbocycles. The number of rotatable bonds is 6. The fourth-order valence-corrected chi connectivity index (χ4v) is 3.19. The number of non-ortho nitro benzene ring substituents is 1. The average molecular weight is 403 g/mol. The summed E-state index contributed by atoms with van der Waals surface area (Å²) in [4.78, 5) is 21.9. The highest BCUT2D eigenvalue weighted by molar-refractivity contribution is 5.81. The molecule has 0 aliphatic rings. The highest BCUT2D eigenvalue weighted by atomic mass is 16.6. The number of nitrogens with zero attached hydrogens (tertiary/aromatic N) is 2. The summed E-state index contributed by atoms with van der Waals surface area (Å²) in [6.07, 6.45) is 3.87. The molecule has 2 heterocycles. The van der Waals surface area contributed by atoms with Gasteiger partial charge in [0, 0.05) is 52.9 Å². The lowest BCUT2D eigenvalue weighted by molar-refractivity contribution is -0.688. The van der Waals surface area contributed by atoms with Gasteiger partial charge in [0.1, 0.15) is 17.9 Å². The minimum absolute atomic E-state index is 0.0828. The van der Waals surface area contributed by atoms with Crippen molar-refractivity contribution in [1.29, 1.82) is 0 Å². The minimum atomic E-state index is -0.407. The van der Waals surface area contributed by atoms with Gasteiger partial charge in [-0.15, -0.1) is 0 Å². The molecule has 0 radical (unpaired) electrons. The van der Waals surface area contributed by atoms with Gasteiger partial charge in [0.2, 0.25) is 0 Å². The molecule has 0 saturated carbocycles. The van der Waals surface area contributed by atoms with Gasteiger partial charge in [-0.2, -0.15) is 0 Å². The summed E-state index contributed by atoms with van der Waals surface area (Å²) in [6.45, 7) is 2.86. The Bertz CT molecular complexity index is 1260. The smallest absolute Gasteiger partial charge is 0.336 e. The first-order chi connectivity index (χ1) is 14.5. The molecule has 0 saturated heterocycles. The molecule has 0 N–H and O–H groups in total. The van der Waals surface area contributed by atoms with E-state index in [4.69, 9.17) is 9.15 Å². The zero-order valence-corrected chi connectivity index (χ0v) is 16.3. The summed E-state index contributed by atoms with van der Waals surface area (Å²) in [5.74, 6) is 0.624. The maximum Gasteiger partial charge on any atom is 0.336 e.